The van der Waals surface area contributed by atoms with Gasteiger partial charge in [0.25, 0.3) is 0 Å². The topological polar surface area (TPSA) is 78.5 Å². The fraction of sp³-hybridized carbons (Fsp3) is 0.562. The zero-order chi connectivity index (χ0) is 17.0. The van der Waals surface area contributed by atoms with Gasteiger partial charge in [0.2, 0.25) is 15.9 Å². The molecule has 0 aromatic heterocycles. The van der Waals surface area contributed by atoms with E-state index in [1.807, 2.05) is 13.8 Å². The molecule has 1 heterocycles. The highest BCUT2D eigenvalue weighted by Gasteiger charge is 2.23. The largest absolute Gasteiger partial charge is 0.352 e. The predicted molar refractivity (Wildman–Crippen MR) is 89.4 cm³/mol. The van der Waals surface area contributed by atoms with Crippen LogP contribution in [0.25, 0.3) is 0 Å². The lowest BCUT2D eigenvalue weighted by Gasteiger charge is -2.21. The maximum Gasteiger partial charge on any atom is 0.243 e. The Kier molecular flexibility index (Phi) is 5.78. The van der Waals surface area contributed by atoms with E-state index in [9.17, 15) is 13.2 Å². The lowest BCUT2D eigenvalue weighted by atomic mass is 10.1. The van der Waals surface area contributed by atoms with E-state index < -0.39 is 10.0 Å². The number of hydrogen-bond donors (Lipinski definition) is 2. The molecule has 0 aliphatic carbocycles. The Morgan fingerprint density at radius 3 is 2.52 bits per heavy atom. The van der Waals surface area contributed by atoms with Crippen LogP contribution in [0.15, 0.2) is 29.2 Å². The molecule has 2 N–H and O–H groups in total. The van der Waals surface area contributed by atoms with E-state index in [1.54, 1.807) is 31.3 Å². The van der Waals surface area contributed by atoms with E-state index in [-0.39, 0.29) is 22.8 Å². The van der Waals surface area contributed by atoms with E-state index >= 15 is 0 Å². The number of sulfonamides is 1. The van der Waals surface area contributed by atoms with Crippen LogP contribution in [0.1, 0.15) is 25.8 Å². The van der Waals surface area contributed by atoms with Crippen LogP contribution in [0.2, 0.25) is 0 Å². The fourth-order valence-corrected chi connectivity index (χ4v) is 3.80. The number of hydrogen-bond acceptors (Lipinski definition) is 4. The molecule has 0 bridgehead atoms. The van der Waals surface area contributed by atoms with E-state index in [2.05, 4.69) is 10.6 Å². The molecule has 1 aromatic rings. The van der Waals surface area contributed by atoms with Crippen molar-refractivity contribution in [3.8, 4) is 0 Å². The summed E-state index contributed by atoms with van der Waals surface area (Å²) in [4.78, 5) is 12.2. The van der Waals surface area contributed by atoms with Gasteiger partial charge in [-0.15, -0.1) is 0 Å². The van der Waals surface area contributed by atoms with Gasteiger partial charge in [0.1, 0.15) is 0 Å². The Morgan fingerprint density at radius 2 is 2.00 bits per heavy atom. The van der Waals surface area contributed by atoms with Crippen molar-refractivity contribution in [2.45, 2.75) is 37.8 Å². The monoisotopic (exact) mass is 339 g/mol. The SMILES string of the molecule is CC(C)N(C)S(=O)(=O)c1ccc(CNC(=O)C2CCNC2)cc1. The fourth-order valence-electron chi connectivity index (χ4n) is 2.44. The summed E-state index contributed by atoms with van der Waals surface area (Å²) in [6, 6.07) is 6.57. The minimum absolute atomic E-state index is 0.0364. The first kappa shape index (κ1) is 17.9. The quantitative estimate of drug-likeness (QED) is 0.808. The molecule has 0 saturated carbocycles. The summed E-state index contributed by atoms with van der Waals surface area (Å²) < 4.78 is 26.1. The first-order valence-electron chi connectivity index (χ1n) is 7.88. The standard InChI is InChI=1S/C16H25N3O3S/c1-12(2)19(3)23(21,22)15-6-4-13(5-7-15)10-18-16(20)14-8-9-17-11-14/h4-7,12,14,17H,8-11H2,1-3H3,(H,18,20). The van der Waals surface area contributed by atoms with Gasteiger partial charge < -0.3 is 10.6 Å². The minimum Gasteiger partial charge on any atom is -0.352 e. The van der Waals surface area contributed by atoms with Crippen molar-refractivity contribution in [3.63, 3.8) is 0 Å². The Balaban J connectivity index is 1.98. The Morgan fingerprint density at radius 1 is 1.35 bits per heavy atom. The number of carbonyl (C=O) groups excluding carboxylic acids is 1. The number of nitrogens with one attached hydrogen (secondary N) is 2. The van der Waals surface area contributed by atoms with E-state index in [0.717, 1.165) is 25.1 Å². The van der Waals surface area contributed by atoms with Gasteiger partial charge in [-0.25, -0.2) is 8.42 Å². The van der Waals surface area contributed by atoms with Crippen molar-refractivity contribution in [3.05, 3.63) is 29.8 Å². The van der Waals surface area contributed by atoms with Crippen LogP contribution < -0.4 is 10.6 Å². The van der Waals surface area contributed by atoms with Gasteiger partial charge in [0, 0.05) is 26.2 Å². The van der Waals surface area contributed by atoms with Crippen molar-refractivity contribution >= 4 is 15.9 Å². The van der Waals surface area contributed by atoms with Gasteiger partial charge in [-0.3, -0.25) is 4.79 Å². The summed E-state index contributed by atoms with van der Waals surface area (Å²) in [5, 5.41) is 6.06. The third-order valence-corrected chi connectivity index (χ3v) is 6.27. The number of amides is 1. The minimum atomic E-state index is -3.46. The first-order chi connectivity index (χ1) is 10.8. The average Bonchev–Trinajstić information content (AvgIpc) is 3.06. The van der Waals surface area contributed by atoms with Gasteiger partial charge in [0.15, 0.2) is 0 Å². The van der Waals surface area contributed by atoms with E-state index in [0.29, 0.717) is 6.54 Å². The lowest BCUT2D eigenvalue weighted by Crippen LogP contribution is -2.33. The molecular weight excluding hydrogens is 314 g/mol. The molecule has 1 saturated heterocycles. The van der Waals surface area contributed by atoms with Crippen LogP contribution in [0.4, 0.5) is 0 Å². The van der Waals surface area contributed by atoms with Crippen LogP contribution in [0.3, 0.4) is 0 Å². The van der Waals surface area contributed by atoms with Crippen LogP contribution in [0, 0.1) is 5.92 Å². The summed E-state index contributed by atoms with van der Waals surface area (Å²) in [5.74, 6) is 0.0839. The van der Waals surface area contributed by atoms with Crippen molar-refractivity contribution in [1.29, 1.82) is 0 Å². The molecule has 128 valence electrons. The summed E-state index contributed by atoms with van der Waals surface area (Å²) >= 11 is 0. The molecular formula is C16H25N3O3S. The summed E-state index contributed by atoms with van der Waals surface area (Å²) in [7, 11) is -1.89. The molecule has 2 rings (SSSR count). The molecule has 1 aliphatic heterocycles. The van der Waals surface area contributed by atoms with Crippen molar-refractivity contribution in [1.82, 2.24) is 14.9 Å². The second-order valence-electron chi connectivity index (χ2n) is 6.17. The smallest absolute Gasteiger partial charge is 0.243 e. The predicted octanol–water partition coefficient (Wildman–Crippen LogP) is 0.941. The lowest BCUT2D eigenvalue weighted by molar-refractivity contribution is -0.124. The van der Waals surface area contributed by atoms with Crippen LogP contribution in [-0.2, 0) is 21.4 Å². The Bertz CT molecular complexity index is 635. The van der Waals surface area contributed by atoms with Gasteiger partial charge in [-0.1, -0.05) is 12.1 Å². The number of carbonyl (C=O) groups is 1. The zero-order valence-electron chi connectivity index (χ0n) is 13.9. The Labute approximate surface area is 138 Å². The molecule has 0 spiro atoms. The molecule has 1 aliphatic rings. The van der Waals surface area contributed by atoms with Crippen molar-refractivity contribution in [2.75, 3.05) is 20.1 Å². The van der Waals surface area contributed by atoms with Crippen LogP contribution >= 0.6 is 0 Å². The van der Waals surface area contributed by atoms with Gasteiger partial charge >= 0.3 is 0 Å². The second kappa shape index (κ2) is 7.42. The van der Waals surface area contributed by atoms with Crippen molar-refractivity contribution in [2.24, 2.45) is 5.92 Å². The molecule has 1 aromatic carbocycles. The van der Waals surface area contributed by atoms with Gasteiger partial charge in [-0.05, 0) is 44.5 Å². The normalized spacial score (nSPS) is 18.6. The highest BCUT2D eigenvalue weighted by molar-refractivity contribution is 7.89. The summed E-state index contributed by atoms with van der Waals surface area (Å²) in [6.45, 7) is 5.69. The first-order valence-corrected chi connectivity index (χ1v) is 9.32. The van der Waals surface area contributed by atoms with Gasteiger partial charge in [0.05, 0.1) is 10.8 Å². The molecule has 0 radical (unpaired) electrons. The molecule has 1 amide bonds. The number of benzene rings is 1. The van der Waals surface area contributed by atoms with Crippen LogP contribution in [0.5, 0.6) is 0 Å². The Hall–Kier alpha value is -1.44. The number of nitrogens with zero attached hydrogens (tertiary/aromatic N) is 1. The van der Waals surface area contributed by atoms with Crippen molar-refractivity contribution < 1.29 is 13.2 Å². The highest BCUT2D eigenvalue weighted by Crippen LogP contribution is 2.17. The third-order valence-electron chi connectivity index (χ3n) is 4.23. The molecule has 1 fully saturated rings. The maximum atomic E-state index is 12.4. The second-order valence-corrected chi connectivity index (χ2v) is 8.16. The molecule has 1 unspecified atom stereocenters. The maximum absolute atomic E-state index is 12.4. The average molecular weight is 339 g/mol. The molecule has 6 nitrogen and oxygen atoms in total. The molecule has 7 heteroatoms. The summed E-state index contributed by atoms with van der Waals surface area (Å²) in [5.41, 5.74) is 0.885. The molecule has 23 heavy (non-hydrogen) atoms. The highest BCUT2D eigenvalue weighted by atomic mass is 32.2. The summed E-state index contributed by atoms with van der Waals surface area (Å²) in [6.07, 6.45) is 0.866. The van der Waals surface area contributed by atoms with E-state index in [1.165, 1.54) is 4.31 Å². The zero-order valence-corrected chi connectivity index (χ0v) is 14.7. The molecule has 1 atom stereocenters. The number of rotatable bonds is 6. The van der Waals surface area contributed by atoms with Gasteiger partial charge in [-0.2, -0.15) is 4.31 Å². The van der Waals surface area contributed by atoms with E-state index in [4.69, 9.17) is 0 Å². The van der Waals surface area contributed by atoms with Crippen LogP contribution in [-0.4, -0.2) is 44.8 Å². The third kappa shape index (κ3) is 4.31.